The number of nitrogens with zero attached hydrogens (tertiary/aromatic N) is 3. The SMILES string of the molecule is Cc1nc(-c2ccc(C(F)(F)F)cc2)sc1Cn1c(C)nc2c(C)cc(-c3cccc(C(=O)O)c3)cc21. The number of halogens is 3. The summed E-state index contributed by atoms with van der Waals surface area (Å²) in [6.45, 7) is 6.30. The highest BCUT2D eigenvalue weighted by Crippen LogP contribution is 2.34. The molecule has 2 heterocycles. The van der Waals surface area contributed by atoms with Crippen LogP contribution in [0.15, 0.2) is 60.7 Å². The van der Waals surface area contributed by atoms with Crippen molar-refractivity contribution in [3.8, 4) is 21.7 Å². The molecule has 0 spiro atoms. The molecule has 5 nitrogen and oxygen atoms in total. The molecule has 5 aromatic rings. The summed E-state index contributed by atoms with van der Waals surface area (Å²) in [5.74, 6) is -0.163. The molecule has 0 unspecified atom stereocenters. The van der Waals surface area contributed by atoms with Gasteiger partial charge in [-0.2, -0.15) is 13.2 Å². The number of thiazole rings is 1. The molecule has 2 aromatic heterocycles. The molecule has 0 aliphatic rings. The minimum absolute atomic E-state index is 0.219. The summed E-state index contributed by atoms with van der Waals surface area (Å²) >= 11 is 1.45. The molecule has 5 rings (SSSR count). The van der Waals surface area contributed by atoms with Gasteiger partial charge in [0.15, 0.2) is 0 Å². The molecule has 0 saturated carbocycles. The van der Waals surface area contributed by atoms with Gasteiger partial charge in [-0.1, -0.05) is 24.3 Å². The average Bonchev–Trinajstić information content (AvgIpc) is 3.38. The predicted molar refractivity (Wildman–Crippen MR) is 138 cm³/mol. The van der Waals surface area contributed by atoms with Gasteiger partial charge in [0.05, 0.1) is 34.4 Å². The van der Waals surface area contributed by atoms with Crippen molar-refractivity contribution in [2.45, 2.75) is 33.5 Å². The third-order valence-electron chi connectivity index (χ3n) is 6.33. The standard InChI is InChI=1S/C28H22F3N3O2S/c1-15-11-21(19-5-4-6-20(12-19)27(35)36)13-23-25(15)33-17(3)34(23)14-24-16(2)32-26(37-24)18-7-9-22(10-8-18)28(29,30)31/h4-13H,14H2,1-3H3,(H,35,36). The molecule has 0 atom stereocenters. The second kappa shape index (κ2) is 9.15. The number of aromatic carboxylic acids is 1. The molecule has 3 aromatic carbocycles. The Labute approximate surface area is 214 Å². The highest BCUT2D eigenvalue weighted by atomic mass is 32.1. The minimum atomic E-state index is -4.38. The number of imidazole rings is 1. The second-order valence-electron chi connectivity index (χ2n) is 8.89. The summed E-state index contributed by atoms with van der Waals surface area (Å²) < 4.78 is 40.9. The molecule has 0 bridgehead atoms. The largest absolute Gasteiger partial charge is 0.478 e. The van der Waals surface area contributed by atoms with E-state index in [1.54, 1.807) is 18.2 Å². The number of alkyl halides is 3. The van der Waals surface area contributed by atoms with E-state index in [9.17, 15) is 23.1 Å². The summed E-state index contributed by atoms with van der Waals surface area (Å²) in [5, 5.41) is 10.0. The van der Waals surface area contributed by atoms with E-state index < -0.39 is 17.7 Å². The molecule has 0 saturated heterocycles. The summed E-state index contributed by atoms with van der Waals surface area (Å²) in [6.07, 6.45) is -4.38. The Morgan fingerprint density at radius 1 is 0.946 bits per heavy atom. The molecule has 0 aliphatic heterocycles. The van der Waals surface area contributed by atoms with Crippen LogP contribution in [0.2, 0.25) is 0 Å². The van der Waals surface area contributed by atoms with E-state index in [-0.39, 0.29) is 5.56 Å². The van der Waals surface area contributed by atoms with E-state index in [4.69, 9.17) is 4.98 Å². The molecule has 0 radical (unpaired) electrons. The minimum Gasteiger partial charge on any atom is -0.478 e. The second-order valence-corrected chi connectivity index (χ2v) is 9.98. The molecule has 9 heteroatoms. The normalized spacial score (nSPS) is 11.8. The summed E-state index contributed by atoms with van der Waals surface area (Å²) in [6, 6.07) is 15.9. The first-order valence-electron chi connectivity index (χ1n) is 11.5. The van der Waals surface area contributed by atoms with Gasteiger partial charge in [0.2, 0.25) is 0 Å². The average molecular weight is 522 g/mol. The van der Waals surface area contributed by atoms with Gasteiger partial charge in [-0.3, -0.25) is 0 Å². The molecule has 0 fully saturated rings. The Hall–Kier alpha value is -3.98. The monoisotopic (exact) mass is 521 g/mol. The lowest BCUT2D eigenvalue weighted by Crippen LogP contribution is -2.03. The highest BCUT2D eigenvalue weighted by molar-refractivity contribution is 7.15. The van der Waals surface area contributed by atoms with Crippen LogP contribution in [0, 0.1) is 20.8 Å². The number of carboxylic acid groups (broad SMARTS) is 1. The maximum atomic E-state index is 12.9. The van der Waals surface area contributed by atoms with Crippen LogP contribution in [0.5, 0.6) is 0 Å². The van der Waals surface area contributed by atoms with Gasteiger partial charge in [0, 0.05) is 10.4 Å². The zero-order valence-corrected chi connectivity index (χ0v) is 21.0. The molecule has 1 N–H and O–H groups in total. The number of carbonyl (C=O) groups is 1. The van der Waals surface area contributed by atoms with Gasteiger partial charge >= 0.3 is 12.1 Å². The first kappa shape index (κ1) is 24.7. The lowest BCUT2D eigenvalue weighted by atomic mass is 10.0. The number of fused-ring (bicyclic) bond motifs is 1. The van der Waals surface area contributed by atoms with E-state index in [2.05, 4.69) is 9.55 Å². The van der Waals surface area contributed by atoms with Crippen molar-refractivity contribution in [3.05, 3.63) is 93.7 Å². The molecule has 37 heavy (non-hydrogen) atoms. The van der Waals surface area contributed by atoms with E-state index >= 15 is 0 Å². The number of aromatic nitrogens is 3. The Morgan fingerprint density at radius 2 is 1.68 bits per heavy atom. The van der Waals surface area contributed by atoms with Crippen molar-refractivity contribution in [1.82, 2.24) is 14.5 Å². The lowest BCUT2D eigenvalue weighted by molar-refractivity contribution is -0.137. The number of hydrogen-bond donors (Lipinski definition) is 1. The van der Waals surface area contributed by atoms with Crippen molar-refractivity contribution in [1.29, 1.82) is 0 Å². The van der Waals surface area contributed by atoms with E-state index in [1.165, 1.54) is 23.5 Å². The predicted octanol–water partition coefficient (Wildman–Crippen LogP) is 7.52. The topological polar surface area (TPSA) is 68.0 Å². The van der Waals surface area contributed by atoms with Gasteiger partial charge in [0.1, 0.15) is 10.8 Å². The van der Waals surface area contributed by atoms with E-state index in [0.29, 0.717) is 17.1 Å². The Morgan fingerprint density at radius 3 is 2.35 bits per heavy atom. The van der Waals surface area contributed by atoms with Crippen LogP contribution in [-0.4, -0.2) is 25.6 Å². The van der Waals surface area contributed by atoms with Crippen molar-refractivity contribution in [3.63, 3.8) is 0 Å². The lowest BCUT2D eigenvalue weighted by Gasteiger charge is -2.09. The van der Waals surface area contributed by atoms with Gasteiger partial charge < -0.3 is 9.67 Å². The quantitative estimate of drug-likeness (QED) is 0.260. The molecular formula is C28H22F3N3O2S. The van der Waals surface area contributed by atoms with Crippen LogP contribution in [0.1, 0.15) is 37.9 Å². The Kier molecular flexibility index (Phi) is 6.11. The van der Waals surface area contributed by atoms with E-state index in [0.717, 1.165) is 56.3 Å². The summed E-state index contributed by atoms with van der Waals surface area (Å²) in [7, 11) is 0. The Bertz CT molecular complexity index is 1650. The van der Waals surface area contributed by atoms with Crippen molar-refractivity contribution in [2.75, 3.05) is 0 Å². The fourth-order valence-electron chi connectivity index (χ4n) is 4.35. The van der Waals surface area contributed by atoms with Crippen LogP contribution < -0.4 is 0 Å². The van der Waals surface area contributed by atoms with Crippen LogP contribution in [0.4, 0.5) is 13.2 Å². The third kappa shape index (κ3) is 4.74. The van der Waals surface area contributed by atoms with Gasteiger partial charge in [-0.05, 0) is 73.9 Å². The molecule has 188 valence electrons. The maximum absolute atomic E-state index is 12.9. The fourth-order valence-corrected chi connectivity index (χ4v) is 5.41. The number of benzene rings is 3. The van der Waals surface area contributed by atoms with Gasteiger partial charge in [-0.25, -0.2) is 14.8 Å². The van der Waals surface area contributed by atoms with Crippen molar-refractivity contribution >= 4 is 28.3 Å². The zero-order valence-electron chi connectivity index (χ0n) is 20.2. The summed E-state index contributed by atoms with van der Waals surface area (Å²) in [5.41, 5.74) is 5.41. The maximum Gasteiger partial charge on any atom is 0.416 e. The number of carboxylic acids is 1. The van der Waals surface area contributed by atoms with Gasteiger partial charge in [-0.15, -0.1) is 11.3 Å². The van der Waals surface area contributed by atoms with Crippen LogP contribution in [-0.2, 0) is 12.7 Å². The van der Waals surface area contributed by atoms with Crippen molar-refractivity contribution < 1.29 is 23.1 Å². The van der Waals surface area contributed by atoms with Crippen LogP contribution >= 0.6 is 11.3 Å². The number of hydrogen-bond acceptors (Lipinski definition) is 4. The third-order valence-corrected chi connectivity index (χ3v) is 7.52. The van der Waals surface area contributed by atoms with Crippen LogP contribution in [0.3, 0.4) is 0 Å². The van der Waals surface area contributed by atoms with E-state index in [1.807, 2.05) is 39.0 Å². The first-order valence-corrected chi connectivity index (χ1v) is 12.3. The molecular weight excluding hydrogens is 499 g/mol. The summed E-state index contributed by atoms with van der Waals surface area (Å²) in [4.78, 5) is 21.8. The number of rotatable bonds is 5. The highest BCUT2D eigenvalue weighted by Gasteiger charge is 2.30. The first-order chi connectivity index (χ1) is 17.5. The smallest absolute Gasteiger partial charge is 0.416 e. The van der Waals surface area contributed by atoms with Gasteiger partial charge in [0.25, 0.3) is 0 Å². The van der Waals surface area contributed by atoms with Crippen LogP contribution in [0.25, 0.3) is 32.7 Å². The molecule has 0 amide bonds. The number of aryl methyl sites for hydroxylation is 3. The Balaban J connectivity index is 1.52. The molecule has 0 aliphatic carbocycles. The van der Waals surface area contributed by atoms with Crippen molar-refractivity contribution in [2.24, 2.45) is 0 Å². The fraction of sp³-hybridized carbons (Fsp3) is 0.179. The zero-order chi connectivity index (χ0) is 26.5.